The van der Waals surface area contributed by atoms with Crippen molar-refractivity contribution in [3.05, 3.63) is 22.7 Å². The van der Waals surface area contributed by atoms with Crippen LogP contribution in [-0.2, 0) is 0 Å². The first kappa shape index (κ1) is 14.4. The second kappa shape index (κ2) is 5.34. The summed E-state index contributed by atoms with van der Waals surface area (Å²) in [6.07, 6.45) is -4.49. The zero-order valence-corrected chi connectivity index (χ0v) is 10.0. The molecule has 3 N–H and O–H groups in total. The summed E-state index contributed by atoms with van der Waals surface area (Å²) in [5, 5.41) is 1.78. The number of nitrogens with one attached hydrogen (secondary N) is 1. The SMILES string of the molecule is COc1cc(N)c(Cl)cc1C(=O)NCC(F)(F)F. The monoisotopic (exact) mass is 282 g/mol. The summed E-state index contributed by atoms with van der Waals surface area (Å²) < 4.78 is 40.8. The van der Waals surface area contributed by atoms with Gasteiger partial charge in [0.15, 0.2) is 0 Å². The summed E-state index contributed by atoms with van der Waals surface area (Å²) >= 11 is 5.69. The third-order valence-corrected chi connectivity index (χ3v) is 2.34. The molecule has 0 heterocycles. The number of amides is 1. The van der Waals surface area contributed by atoms with Crippen molar-refractivity contribution in [3.63, 3.8) is 0 Å². The first-order valence-corrected chi connectivity index (χ1v) is 5.10. The molecule has 0 aliphatic rings. The van der Waals surface area contributed by atoms with Gasteiger partial charge in [0.1, 0.15) is 12.3 Å². The van der Waals surface area contributed by atoms with Crippen LogP contribution < -0.4 is 15.8 Å². The van der Waals surface area contributed by atoms with Crippen LogP contribution in [0.5, 0.6) is 5.75 Å². The molecule has 1 rings (SSSR count). The number of carbonyl (C=O) groups is 1. The quantitative estimate of drug-likeness (QED) is 0.836. The molecule has 0 radical (unpaired) electrons. The van der Waals surface area contributed by atoms with Crippen molar-refractivity contribution in [3.8, 4) is 5.75 Å². The van der Waals surface area contributed by atoms with Crippen molar-refractivity contribution in [2.45, 2.75) is 6.18 Å². The number of anilines is 1. The van der Waals surface area contributed by atoms with Gasteiger partial charge in [0, 0.05) is 6.07 Å². The summed E-state index contributed by atoms with van der Waals surface area (Å²) in [4.78, 5) is 11.5. The molecule has 0 saturated carbocycles. The summed E-state index contributed by atoms with van der Waals surface area (Å²) in [7, 11) is 1.27. The van der Waals surface area contributed by atoms with E-state index in [1.54, 1.807) is 5.32 Å². The van der Waals surface area contributed by atoms with Crippen LogP contribution in [0, 0.1) is 0 Å². The highest BCUT2D eigenvalue weighted by molar-refractivity contribution is 6.33. The summed E-state index contributed by atoms with van der Waals surface area (Å²) in [5.41, 5.74) is 5.54. The van der Waals surface area contributed by atoms with Gasteiger partial charge in [-0.3, -0.25) is 4.79 Å². The molecule has 18 heavy (non-hydrogen) atoms. The van der Waals surface area contributed by atoms with E-state index in [4.69, 9.17) is 22.1 Å². The standard InChI is InChI=1S/C10H10ClF3N2O2/c1-18-8-3-7(15)6(11)2-5(8)9(17)16-4-10(12,13)14/h2-3H,4,15H2,1H3,(H,16,17). The van der Waals surface area contributed by atoms with Gasteiger partial charge in [0.2, 0.25) is 0 Å². The van der Waals surface area contributed by atoms with Crippen LogP contribution in [0.4, 0.5) is 18.9 Å². The Morgan fingerprint density at radius 3 is 2.61 bits per heavy atom. The number of ether oxygens (including phenoxy) is 1. The van der Waals surface area contributed by atoms with Gasteiger partial charge >= 0.3 is 6.18 Å². The second-order valence-corrected chi connectivity index (χ2v) is 3.78. The van der Waals surface area contributed by atoms with Gasteiger partial charge in [-0.2, -0.15) is 13.2 Å². The third-order valence-electron chi connectivity index (χ3n) is 2.01. The lowest BCUT2D eigenvalue weighted by Crippen LogP contribution is -2.33. The maximum Gasteiger partial charge on any atom is 0.405 e. The fourth-order valence-corrected chi connectivity index (χ4v) is 1.35. The van der Waals surface area contributed by atoms with Crippen molar-refractivity contribution in [1.82, 2.24) is 5.32 Å². The molecule has 4 nitrogen and oxygen atoms in total. The highest BCUT2D eigenvalue weighted by atomic mass is 35.5. The van der Waals surface area contributed by atoms with Crippen LogP contribution in [0.1, 0.15) is 10.4 Å². The number of methoxy groups -OCH3 is 1. The minimum absolute atomic E-state index is 0.0524. The van der Waals surface area contributed by atoms with Gasteiger partial charge in [-0.1, -0.05) is 11.6 Å². The topological polar surface area (TPSA) is 64.3 Å². The molecule has 0 atom stereocenters. The van der Waals surface area contributed by atoms with Crippen molar-refractivity contribution in [2.24, 2.45) is 0 Å². The van der Waals surface area contributed by atoms with E-state index in [9.17, 15) is 18.0 Å². The first-order chi connectivity index (χ1) is 8.24. The molecule has 0 saturated heterocycles. The van der Waals surface area contributed by atoms with Crippen LogP contribution in [0.2, 0.25) is 5.02 Å². The van der Waals surface area contributed by atoms with Gasteiger partial charge in [-0.05, 0) is 6.07 Å². The van der Waals surface area contributed by atoms with E-state index in [0.29, 0.717) is 0 Å². The molecule has 0 aromatic heterocycles. The Morgan fingerprint density at radius 1 is 1.50 bits per heavy atom. The van der Waals surface area contributed by atoms with Crippen LogP contribution in [0.15, 0.2) is 12.1 Å². The average molecular weight is 283 g/mol. The van der Waals surface area contributed by atoms with Crippen LogP contribution in [0.3, 0.4) is 0 Å². The highest BCUT2D eigenvalue weighted by Gasteiger charge is 2.28. The molecule has 1 aromatic carbocycles. The van der Waals surface area contributed by atoms with E-state index in [1.807, 2.05) is 0 Å². The number of hydrogen-bond donors (Lipinski definition) is 2. The average Bonchev–Trinajstić information content (AvgIpc) is 2.28. The first-order valence-electron chi connectivity index (χ1n) is 4.72. The largest absolute Gasteiger partial charge is 0.496 e. The van der Waals surface area contributed by atoms with E-state index in [1.165, 1.54) is 13.2 Å². The van der Waals surface area contributed by atoms with Gasteiger partial charge in [0.25, 0.3) is 5.91 Å². The summed E-state index contributed by atoms with van der Waals surface area (Å²) in [6, 6.07) is 2.42. The fraction of sp³-hybridized carbons (Fsp3) is 0.300. The lowest BCUT2D eigenvalue weighted by Gasteiger charge is -2.12. The third kappa shape index (κ3) is 3.69. The molecule has 0 bridgehead atoms. The van der Waals surface area contributed by atoms with Crippen LogP contribution in [0.25, 0.3) is 0 Å². The highest BCUT2D eigenvalue weighted by Crippen LogP contribution is 2.28. The van der Waals surface area contributed by atoms with E-state index in [2.05, 4.69) is 0 Å². The molecule has 100 valence electrons. The van der Waals surface area contributed by atoms with Crippen molar-refractivity contribution in [1.29, 1.82) is 0 Å². The maximum atomic E-state index is 12.0. The number of nitrogen functional groups attached to an aromatic ring is 1. The molecule has 1 aromatic rings. The number of carbonyl (C=O) groups excluding carboxylic acids is 1. The van der Waals surface area contributed by atoms with E-state index in [0.717, 1.165) is 6.07 Å². The predicted octanol–water partition coefficient (Wildman–Crippen LogP) is 2.22. The van der Waals surface area contributed by atoms with Crippen LogP contribution >= 0.6 is 11.6 Å². The molecule has 0 spiro atoms. The lowest BCUT2D eigenvalue weighted by atomic mass is 10.1. The second-order valence-electron chi connectivity index (χ2n) is 3.37. The molecule has 8 heteroatoms. The van der Waals surface area contributed by atoms with E-state index in [-0.39, 0.29) is 22.0 Å². The Kier molecular flexibility index (Phi) is 4.28. The maximum absolute atomic E-state index is 12.0. The van der Waals surface area contributed by atoms with E-state index >= 15 is 0 Å². The molecule has 0 fully saturated rings. The minimum Gasteiger partial charge on any atom is -0.496 e. The lowest BCUT2D eigenvalue weighted by molar-refractivity contribution is -0.123. The number of nitrogens with two attached hydrogens (primary N) is 1. The van der Waals surface area contributed by atoms with Crippen molar-refractivity contribution in [2.75, 3.05) is 19.4 Å². The van der Waals surface area contributed by atoms with Crippen molar-refractivity contribution >= 4 is 23.2 Å². The minimum atomic E-state index is -4.49. The fourth-order valence-electron chi connectivity index (χ4n) is 1.19. The summed E-state index contributed by atoms with van der Waals surface area (Å²) in [6.45, 7) is -1.43. The molecule has 0 aliphatic heterocycles. The Morgan fingerprint density at radius 2 is 2.11 bits per heavy atom. The zero-order chi connectivity index (χ0) is 13.9. The van der Waals surface area contributed by atoms with Gasteiger partial charge in [-0.15, -0.1) is 0 Å². The number of benzene rings is 1. The number of halogens is 4. The van der Waals surface area contributed by atoms with Gasteiger partial charge in [-0.25, -0.2) is 0 Å². The Balaban J connectivity index is 2.95. The molecular weight excluding hydrogens is 273 g/mol. The number of hydrogen-bond acceptors (Lipinski definition) is 3. The van der Waals surface area contributed by atoms with Crippen molar-refractivity contribution < 1.29 is 22.7 Å². The Labute approximate surface area is 106 Å². The van der Waals surface area contributed by atoms with Gasteiger partial charge < -0.3 is 15.8 Å². The van der Waals surface area contributed by atoms with Crippen LogP contribution in [-0.4, -0.2) is 25.7 Å². The molecule has 0 aliphatic carbocycles. The molecule has 0 unspecified atom stereocenters. The smallest absolute Gasteiger partial charge is 0.405 e. The molecular formula is C10H10ClF3N2O2. The normalized spacial score (nSPS) is 11.2. The van der Waals surface area contributed by atoms with E-state index < -0.39 is 18.6 Å². The Hall–Kier alpha value is -1.63. The number of rotatable bonds is 3. The molecule has 1 amide bonds. The predicted molar refractivity (Wildman–Crippen MR) is 60.8 cm³/mol. The Bertz CT molecular complexity index is 463. The summed E-state index contributed by atoms with van der Waals surface area (Å²) in [5.74, 6) is -0.886. The number of alkyl halides is 3. The zero-order valence-electron chi connectivity index (χ0n) is 9.27. The van der Waals surface area contributed by atoms with Gasteiger partial charge in [0.05, 0.1) is 23.4 Å².